The molecule has 0 aromatic heterocycles. The predicted molar refractivity (Wildman–Crippen MR) is 125 cm³/mol. The Balaban J connectivity index is 0.000000331. The molecule has 7 atom stereocenters. The molecule has 4 rings (SSSR count). The molecule has 4 aliphatic carbocycles. The monoisotopic (exact) mass is 462 g/mol. The molecule has 0 aromatic rings. The zero-order valence-corrected chi connectivity index (χ0v) is 20.5. The minimum Gasteiger partial charge on any atom is -0.481 e. The second kappa shape index (κ2) is 10.4. The summed E-state index contributed by atoms with van der Waals surface area (Å²) in [5, 5.41) is 28.7. The highest BCUT2D eigenvalue weighted by atomic mass is 16.4. The quantitative estimate of drug-likeness (QED) is 0.507. The summed E-state index contributed by atoms with van der Waals surface area (Å²) >= 11 is 0. The Morgan fingerprint density at radius 3 is 2.48 bits per heavy atom. The van der Waals surface area contributed by atoms with Gasteiger partial charge in [-0.15, -0.1) is 0 Å². The molecule has 0 bridgehead atoms. The standard InChI is InChI=1S/C21H30O4.C6H12O2/c1-20-8-7-13(23)9-12(20)3-4-14-15-5-6-16(18(25)11-22)21(15,2)10-17(24)19(14)20;1-2-3-4-5-6(7)8/h9,14-17,19,22,24H,3-8,10-11H2,1-2H3;2-5H2,1H3,(H,7,8). The van der Waals surface area contributed by atoms with Crippen LogP contribution >= 0.6 is 0 Å². The van der Waals surface area contributed by atoms with Crippen molar-refractivity contribution in [3.8, 4) is 0 Å². The first-order valence-electron chi connectivity index (χ1n) is 12.9. The average Bonchev–Trinajstić information content (AvgIpc) is 3.10. The van der Waals surface area contributed by atoms with E-state index < -0.39 is 12.1 Å². The second-order valence-corrected chi connectivity index (χ2v) is 11.3. The molecule has 4 aliphatic rings. The number of hydrogen-bond donors (Lipinski definition) is 3. The van der Waals surface area contributed by atoms with Gasteiger partial charge in [0.15, 0.2) is 11.6 Å². The van der Waals surface area contributed by atoms with Gasteiger partial charge in [0.1, 0.15) is 6.61 Å². The maximum absolute atomic E-state index is 12.3. The average molecular weight is 463 g/mol. The van der Waals surface area contributed by atoms with Crippen molar-refractivity contribution in [2.24, 2.45) is 34.5 Å². The summed E-state index contributed by atoms with van der Waals surface area (Å²) in [6.45, 7) is 6.09. The van der Waals surface area contributed by atoms with E-state index in [9.17, 15) is 24.6 Å². The third kappa shape index (κ3) is 4.97. The van der Waals surface area contributed by atoms with Crippen LogP contribution in [0.1, 0.15) is 91.4 Å². The summed E-state index contributed by atoms with van der Waals surface area (Å²) in [4.78, 5) is 34.1. The fraction of sp³-hybridized carbons (Fsp3) is 0.815. The topological polar surface area (TPSA) is 112 Å². The molecule has 0 radical (unpaired) electrons. The number of aliphatic carboxylic acids is 1. The van der Waals surface area contributed by atoms with E-state index >= 15 is 0 Å². The van der Waals surface area contributed by atoms with E-state index in [4.69, 9.17) is 5.11 Å². The van der Waals surface area contributed by atoms with E-state index in [-0.39, 0.29) is 40.8 Å². The van der Waals surface area contributed by atoms with E-state index in [0.29, 0.717) is 31.1 Å². The van der Waals surface area contributed by atoms with E-state index in [1.54, 1.807) is 0 Å². The van der Waals surface area contributed by atoms with Crippen LogP contribution in [0, 0.1) is 34.5 Å². The summed E-state index contributed by atoms with van der Waals surface area (Å²) in [5.41, 5.74) is 0.979. The van der Waals surface area contributed by atoms with Gasteiger partial charge >= 0.3 is 5.97 Å². The first-order valence-corrected chi connectivity index (χ1v) is 12.9. The maximum Gasteiger partial charge on any atom is 0.303 e. The number of carboxylic acid groups (broad SMARTS) is 1. The summed E-state index contributed by atoms with van der Waals surface area (Å²) in [5.74, 6) is 0.436. The lowest BCUT2D eigenvalue weighted by molar-refractivity contribution is -0.146. The lowest BCUT2D eigenvalue weighted by atomic mass is 9.46. The van der Waals surface area contributed by atoms with Gasteiger partial charge in [-0.25, -0.2) is 0 Å². The Kier molecular flexibility index (Phi) is 8.21. The summed E-state index contributed by atoms with van der Waals surface area (Å²) in [6.07, 6.45) is 10.6. The van der Waals surface area contributed by atoms with E-state index in [1.165, 1.54) is 5.57 Å². The summed E-state index contributed by atoms with van der Waals surface area (Å²) in [6, 6.07) is 0. The second-order valence-electron chi connectivity index (χ2n) is 11.3. The number of carboxylic acids is 1. The number of Topliss-reactive ketones (excluding diaryl/α,β-unsaturated/α-hetero) is 1. The van der Waals surface area contributed by atoms with Crippen molar-refractivity contribution in [1.82, 2.24) is 0 Å². The van der Waals surface area contributed by atoms with Crippen molar-refractivity contribution in [2.45, 2.75) is 97.5 Å². The lowest BCUT2D eigenvalue weighted by Crippen LogP contribution is -2.57. The minimum atomic E-state index is -0.682. The first-order chi connectivity index (χ1) is 15.6. The largest absolute Gasteiger partial charge is 0.481 e. The number of unbranched alkanes of at least 4 members (excludes halogenated alkanes) is 2. The number of carbonyl (C=O) groups is 3. The van der Waals surface area contributed by atoms with Gasteiger partial charge in [-0.3, -0.25) is 14.4 Å². The molecular formula is C27H42O6. The Hall–Kier alpha value is -1.53. The third-order valence-electron chi connectivity index (χ3n) is 9.43. The zero-order valence-electron chi connectivity index (χ0n) is 20.5. The van der Waals surface area contributed by atoms with Crippen molar-refractivity contribution >= 4 is 17.5 Å². The van der Waals surface area contributed by atoms with Gasteiger partial charge in [0, 0.05) is 18.8 Å². The number of fused-ring (bicyclic) bond motifs is 5. The smallest absolute Gasteiger partial charge is 0.303 e. The minimum absolute atomic E-state index is 0.0541. The van der Waals surface area contributed by atoms with Crippen molar-refractivity contribution in [3.05, 3.63) is 11.6 Å². The molecule has 0 heterocycles. The number of hydrogen-bond acceptors (Lipinski definition) is 5. The van der Waals surface area contributed by atoms with Crippen molar-refractivity contribution in [3.63, 3.8) is 0 Å². The normalized spacial score (nSPS) is 39.4. The molecule has 0 spiro atoms. The van der Waals surface area contributed by atoms with Crippen molar-refractivity contribution in [2.75, 3.05) is 6.61 Å². The van der Waals surface area contributed by atoms with Gasteiger partial charge in [0.25, 0.3) is 0 Å². The molecular weight excluding hydrogens is 420 g/mol. The predicted octanol–water partition coefficient (Wildman–Crippen LogP) is 4.32. The third-order valence-corrected chi connectivity index (χ3v) is 9.43. The molecule has 0 amide bonds. The number of carbonyl (C=O) groups excluding carboxylic acids is 2. The van der Waals surface area contributed by atoms with Crippen molar-refractivity contribution < 1.29 is 29.7 Å². The van der Waals surface area contributed by atoms with E-state index in [0.717, 1.165) is 51.4 Å². The van der Waals surface area contributed by atoms with Gasteiger partial charge in [0.2, 0.25) is 0 Å². The van der Waals surface area contributed by atoms with Crippen LogP contribution in [-0.2, 0) is 14.4 Å². The molecule has 0 aromatic carbocycles. The summed E-state index contributed by atoms with van der Waals surface area (Å²) < 4.78 is 0. The number of aliphatic hydroxyl groups is 2. The van der Waals surface area contributed by atoms with Gasteiger partial charge in [0.05, 0.1) is 6.10 Å². The highest BCUT2D eigenvalue weighted by Crippen LogP contribution is 2.66. The van der Waals surface area contributed by atoms with Gasteiger partial charge < -0.3 is 15.3 Å². The Morgan fingerprint density at radius 1 is 1.12 bits per heavy atom. The van der Waals surface area contributed by atoms with Gasteiger partial charge in [-0.05, 0) is 79.6 Å². The van der Waals surface area contributed by atoms with Gasteiger partial charge in [-0.1, -0.05) is 39.2 Å². The van der Waals surface area contributed by atoms with Crippen LogP contribution < -0.4 is 0 Å². The van der Waals surface area contributed by atoms with Crippen LogP contribution in [0.4, 0.5) is 0 Å². The number of allylic oxidation sites excluding steroid dienone is 1. The van der Waals surface area contributed by atoms with Crippen LogP contribution in [0.3, 0.4) is 0 Å². The molecule has 0 saturated heterocycles. The molecule has 3 fully saturated rings. The van der Waals surface area contributed by atoms with Crippen LogP contribution in [0.2, 0.25) is 0 Å². The van der Waals surface area contributed by atoms with Crippen LogP contribution in [0.25, 0.3) is 0 Å². The molecule has 186 valence electrons. The van der Waals surface area contributed by atoms with Crippen LogP contribution in [0.15, 0.2) is 11.6 Å². The number of ketones is 2. The molecule has 7 unspecified atom stereocenters. The van der Waals surface area contributed by atoms with E-state index in [1.807, 2.05) is 6.08 Å². The van der Waals surface area contributed by atoms with Crippen molar-refractivity contribution in [1.29, 1.82) is 0 Å². The highest BCUT2D eigenvalue weighted by molar-refractivity contribution is 5.91. The molecule has 6 heteroatoms. The number of rotatable bonds is 6. The zero-order chi connectivity index (χ0) is 24.4. The number of aliphatic hydroxyl groups excluding tert-OH is 2. The Labute approximate surface area is 197 Å². The molecule has 33 heavy (non-hydrogen) atoms. The Bertz CT molecular complexity index is 787. The fourth-order valence-electron chi connectivity index (χ4n) is 7.85. The highest BCUT2D eigenvalue weighted by Gasteiger charge is 2.62. The molecule has 3 saturated carbocycles. The van der Waals surface area contributed by atoms with Gasteiger partial charge in [-0.2, -0.15) is 0 Å². The maximum atomic E-state index is 12.3. The fourth-order valence-corrected chi connectivity index (χ4v) is 7.85. The molecule has 3 N–H and O–H groups in total. The molecule has 6 nitrogen and oxygen atoms in total. The SMILES string of the molecule is CC12CCC(=O)C=C1CCC1C2C(O)CC2(C)C(C(=O)CO)CCC12.CCCCCC(=O)O. The van der Waals surface area contributed by atoms with Crippen LogP contribution in [0.5, 0.6) is 0 Å². The van der Waals surface area contributed by atoms with E-state index in [2.05, 4.69) is 20.8 Å². The lowest BCUT2D eigenvalue weighted by Gasteiger charge is -2.59. The first kappa shape index (κ1) is 26.1. The Morgan fingerprint density at radius 2 is 1.85 bits per heavy atom. The van der Waals surface area contributed by atoms with Crippen LogP contribution in [-0.4, -0.2) is 45.6 Å². The molecule has 0 aliphatic heterocycles. The summed E-state index contributed by atoms with van der Waals surface area (Å²) in [7, 11) is 0.